The van der Waals surface area contributed by atoms with E-state index in [2.05, 4.69) is 9.46 Å². The Kier molecular flexibility index (Phi) is 5.33. The SMILES string of the molecule is COC(=O)c1ccc(OC)c(S(=O)(=O)NCc2ccc(-c3ccco3)o2)c1. The molecular formula is C18H17NO7S. The number of methoxy groups -OCH3 is 2. The van der Waals surface area contributed by atoms with Gasteiger partial charge in [-0.15, -0.1) is 0 Å². The first-order valence-corrected chi connectivity index (χ1v) is 9.31. The zero-order valence-corrected chi connectivity index (χ0v) is 15.4. The van der Waals surface area contributed by atoms with Crippen molar-refractivity contribution >= 4 is 16.0 Å². The van der Waals surface area contributed by atoms with Crippen LogP contribution in [0.2, 0.25) is 0 Å². The predicted molar refractivity (Wildman–Crippen MR) is 94.8 cm³/mol. The van der Waals surface area contributed by atoms with Crippen LogP contribution >= 0.6 is 0 Å². The minimum atomic E-state index is -3.98. The quantitative estimate of drug-likeness (QED) is 0.617. The Bertz CT molecular complexity index is 1040. The van der Waals surface area contributed by atoms with Crippen LogP contribution < -0.4 is 9.46 Å². The average molecular weight is 391 g/mol. The second-order valence-electron chi connectivity index (χ2n) is 5.43. The minimum Gasteiger partial charge on any atom is -0.495 e. The number of ether oxygens (including phenoxy) is 2. The van der Waals surface area contributed by atoms with Gasteiger partial charge in [-0.1, -0.05) is 0 Å². The summed E-state index contributed by atoms with van der Waals surface area (Å²) in [5, 5.41) is 0. The summed E-state index contributed by atoms with van der Waals surface area (Å²) in [7, 11) is -1.42. The third kappa shape index (κ3) is 4.04. The highest BCUT2D eigenvalue weighted by molar-refractivity contribution is 7.89. The van der Waals surface area contributed by atoms with Gasteiger partial charge in [0.2, 0.25) is 10.0 Å². The van der Waals surface area contributed by atoms with Gasteiger partial charge in [0, 0.05) is 0 Å². The molecule has 0 saturated heterocycles. The van der Waals surface area contributed by atoms with Gasteiger partial charge in [0.15, 0.2) is 11.5 Å². The van der Waals surface area contributed by atoms with Crippen LogP contribution in [0.25, 0.3) is 11.5 Å². The molecule has 0 unspecified atom stereocenters. The van der Waals surface area contributed by atoms with Crippen LogP contribution in [0.5, 0.6) is 5.75 Å². The largest absolute Gasteiger partial charge is 0.495 e. The molecule has 0 bridgehead atoms. The number of hydrogen-bond acceptors (Lipinski definition) is 7. The van der Waals surface area contributed by atoms with E-state index in [9.17, 15) is 13.2 Å². The number of esters is 1. The van der Waals surface area contributed by atoms with E-state index in [1.165, 1.54) is 38.7 Å². The smallest absolute Gasteiger partial charge is 0.337 e. The topological polar surface area (TPSA) is 108 Å². The van der Waals surface area contributed by atoms with Gasteiger partial charge in [-0.25, -0.2) is 17.9 Å². The molecule has 8 nitrogen and oxygen atoms in total. The summed E-state index contributed by atoms with van der Waals surface area (Å²) in [6, 6.07) is 10.8. The molecule has 1 N–H and O–H groups in total. The highest BCUT2D eigenvalue weighted by Crippen LogP contribution is 2.26. The minimum absolute atomic E-state index is 0.0886. The summed E-state index contributed by atoms with van der Waals surface area (Å²) in [5.41, 5.74) is 0.0942. The second kappa shape index (κ2) is 7.68. The third-order valence-electron chi connectivity index (χ3n) is 3.74. The fourth-order valence-corrected chi connectivity index (χ4v) is 3.59. The summed E-state index contributed by atoms with van der Waals surface area (Å²) in [4.78, 5) is 11.5. The second-order valence-corrected chi connectivity index (χ2v) is 7.16. The van der Waals surface area contributed by atoms with Crippen LogP contribution in [-0.4, -0.2) is 28.6 Å². The third-order valence-corrected chi connectivity index (χ3v) is 5.16. The molecule has 0 atom stereocenters. The fourth-order valence-electron chi connectivity index (χ4n) is 2.40. The number of carbonyl (C=O) groups is 1. The Morgan fingerprint density at radius 1 is 1.11 bits per heavy atom. The van der Waals surface area contributed by atoms with Crippen molar-refractivity contribution in [3.63, 3.8) is 0 Å². The van der Waals surface area contributed by atoms with E-state index in [1.807, 2.05) is 0 Å². The highest BCUT2D eigenvalue weighted by Gasteiger charge is 2.22. The maximum atomic E-state index is 12.7. The van der Waals surface area contributed by atoms with E-state index in [4.69, 9.17) is 13.6 Å². The molecule has 0 radical (unpaired) electrons. The molecule has 0 aliphatic carbocycles. The van der Waals surface area contributed by atoms with Gasteiger partial charge in [-0.3, -0.25) is 0 Å². The summed E-state index contributed by atoms with van der Waals surface area (Å²) in [5.74, 6) is 0.873. The van der Waals surface area contributed by atoms with Gasteiger partial charge in [0.05, 0.1) is 32.6 Å². The number of sulfonamides is 1. The van der Waals surface area contributed by atoms with Crippen LogP contribution in [0.4, 0.5) is 0 Å². The predicted octanol–water partition coefficient (Wildman–Crippen LogP) is 2.81. The summed E-state index contributed by atoms with van der Waals surface area (Å²) in [6.07, 6.45) is 1.51. The standard InChI is InChI=1S/C18H17NO7S/c1-23-16-7-5-12(18(20)24-2)10-17(16)27(21,22)19-11-13-6-8-15(26-13)14-4-3-9-25-14/h3-10,19H,11H2,1-2H3. The molecule has 0 saturated carbocycles. The molecule has 3 aromatic rings. The van der Waals surface area contributed by atoms with E-state index >= 15 is 0 Å². The maximum Gasteiger partial charge on any atom is 0.337 e. The molecule has 0 spiro atoms. The first kappa shape index (κ1) is 18.7. The van der Waals surface area contributed by atoms with Crippen molar-refractivity contribution in [2.45, 2.75) is 11.4 Å². The van der Waals surface area contributed by atoms with Gasteiger partial charge < -0.3 is 18.3 Å². The van der Waals surface area contributed by atoms with Gasteiger partial charge >= 0.3 is 5.97 Å². The lowest BCUT2D eigenvalue weighted by Gasteiger charge is -2.11. The molecule has 0 aliphatic heterocycles. The Morgan fingerprint density at radius 2 is 1.93 bits per heavy atom. The van der Waals surface area contributed by atoms with Gasteiger partial charge in [-0.05, 0) is 42.5 Å². The molecule has 2 aromatic heterocycles. The Hall–Kier alpha value is -3.04. The number of furan rings is 2. The Morgan fingerprint density at radius 3 is 2.59 bits per heavy atom. The average Bonchev–Trinajstić information content (AvgIpc) is 3.36. The van der Waals surface area contributed by atoms with E-state index in [0.29, 0.717) is 17.3 Å². The van der Waals surface area contributed by atoms with E-state index in [1.54, 1.807) is 24.3 Å². The van der Waals surface area contributed by atoms with E-state index in [-0.39, 0.29) is 22.8 Å². The molecule has 0 fully saturated rings. The molecule has 0 aliphatic rings. The van der Waals surface area contributed by atoms with Crippen molar-refractivity contribution in [1.29, 1.82) is 0 Å². The molecular weight excluding hydrogens is 374 g/mol. The van der Waals surface area contributed by atoms with Crippen molar-refractivity contribution < 1.29 is 31.5 Å². The summed E-state index contributed by atoms with van der Waals surface area (Å²) < 4.78 is 48.3. The first-order valence-electron chi connectivity index (χ1n) is 7.83. The van der Waals surface area contributed by atoms with Gasteiger partial charge in [-0.2, -0.15) is 0 Å². The van der Waals surface area contributed by atoms with Crippen molar-refractivity contribution in [2.75, 3.05) is 14.2 Å². The van der Waals surface area contributed by atoms with Gasteiger partial charge in [0.25, 0.3) is 0 Å². The highest BCUT2D eigenvalue weighted by atomic mass is 32.2. The maximum absolute atomic E-state index is 12.7. The lowest BCUT2D eigenvalue weighted by Crippen LogP contribution is -2.24. The molecule has 2 heterocycles. The number of hydrogen-bond donors (Lipinski definition) is 1. The molecule has 27 heavy (non-hydrogen) atoms. The number of benzene rings is 1. The van der Waals surface area contributed by atoms with Crippen LogP contribution in [0.1, 0.15) is 16.1 Å². The molecule has 1 aromatic carbocycles. The van der Waals surface area contributed by atoms with Crippen LogP contribution in [0.15, 0.2) is 62.5 Å². The number of carbonyl (C=O) groups excluding carboxylic acids is 1. The molecule has 0 amide bonds. The molecule has 9 heteroatoms. The normalized spacial score (nSPS) is 11.3. The molecule has 3 rings (SSSR count). The zero-order chi connectivity index (χ0) is 19.4. The van der Waals surface area contributed by atoms with Crippen molar-refractivity contribution in [1.82, 2.24) is 4.72 Å². The zero-order valence-electron chi connectivity index (χ0n) is 14.6. The van der Waals surface area contributed by atoms with E-state index < -0.39 is 16.0 Å². The van der Waals surface area contributed by atoms with Gasteiger partial charge in [0.1, 0.15) is 16.4 Å². The summed E-state index contributed by atoms with van der Waals surface area (Å²) >= 11 is 0. The van der Waals surface area contributed by atoms with Crippen LogP contribution in [-0.2, 0) is 21.3 Å². The van der Waals surface area contributed by atoms with Crippen LogP contribution in [0, 0.1) is 0 Å². The van der Waals surface area contributed by atoms with Crippen LogP contribution in [0.3, 0.4) is 0 Å². The lowest BCUT2D eigenvalue weighted by atomic mass is 10.2. The lowest BCUT2D eigenvalue weighted by molar-refractivity contribution is 0.0600. The first-order chi connectivity index (χ1) is 12.9. The Balaban J connectivity index is 1.81. The molecule has 142 valence electrons. The fraction of sp³-hybridized carbons (Fsp3) is 0.167. The number of nitrogens with one attached hydrogen (secondary N) is 1. The van der Waals surface area contributed by atoms with Crippen molar-refractivity contribution in [3.8, 4) is 17.3 Å². The summed E-state index contributed by atoms with van der Waals surface area (Å²) in [6.45, 7) is -0.0886. The Labute approximate surface area is 155 Å². The number of rotatable bonds is 7. The van der Waals surface area contributed by atoms with Crippen molar-refractivity contribution in [3.05, 3.63) is 60.1 Å². The van der Waals surface area contributed by atoms with Crippen molar-refractivity contribution in [2.24, 2.45) is 0 Å². The monoisotopic (exact) mass is 391 g/mol. The van der Waals surface area contributed by atoms with E-state index in [0.717, 1.165) is 0 Å².